The third-order valence-corrected chi connectivity index (χ3v) is 4.38. The molecule has 0 spiro atoms. The molecule has 0 aliphatic rings. The molecule has 0 radical (unpaired) electrons. The molecule has 2 aromatic rings. The molecule has 0 saturated heterocycles. The summed E-state index contributed by atoms with van der Waals surface area (Å²) in [7, 11) is 0. The third-order valence-electron chi connectivity index (χ3n) is 4.38. The van der Waals surface area contributed by atoms with Crippen LogP contribution in [0.25, 0.3) is 11.1 Å². The molecule has 0 aliphatic carbocycles. The molecule has 138 valence electrons. The van der Waals surface area contributed by atoms with Crippen LogP contribution in [0.5, 0.6) is 0 Å². The predicted octanol–water partition coefficient (Wildman–Crippen LogP) is 5.89. The molecule has 0 heterocycles. The zero-order chi connectivity index (χ0) is 19.6. The van der Waals surface area contributed by atoms with Gasteiger partial charge in [0, 0.05) is 23.9 Å². The van der Waals surface area contributed by atoms with Crippen molar-refractivity contribution in [1.29, 1.82) is 5.26 Å². The number of nitrogens with zero attached hydrogens (tertiary/aromatic N) is 2. The topological polar surface area (TPSA) is 53.2 Å². The third kappa shape index (κ3) is 5.49. The number of carbonyl (C=O) groups excluding carboxylic acids is 1. The molecular weight excluding hydrogens is 332 g/mol. The fourth-order valence-electron chi connectivity index (χ4n) is 3.00. The Morgan fingerprint density at radius 3 is 2.41 bits per heavy atom. The van der Waals surface area contributed by atoms with Gasteiger partial charge in [-0.2, -0.15) is 5.26 Å². The van der Waals surface area contributed by atoms with Gasteiger partial charge in [0.15, 0.2) is 5.78 Å². The lowest BCUT2D eigenvalue weighted by Crippen LogP contribution is -2.05. The van der Waals surface area contributed by atoms with E-state index in [2.05, 4.69) is 18.0 Å². The van der Waals surface area contributed by atoms with Crippen molar-refractivity contribution in [2.45, 2.75) is 46.5 Å². The monoisotopic (exact) mass is 358 g/mol. The largest absolute Gasteiger partial charge is 0.295 e. The first kappa shape index (κ1) is 20.3. The molecular formula is C24H26N2O. The molecule has 0 N–H and O–H groups in total. The number of benzene rings is 2. The van der Waals surface area contributed by atoms with Crippen molar-refractivity contribution in [1.82, 2.24) is 0 Å². The normalized spacial score (nSPS) is 11.9. The van der Waals surface area contributed by atoms with Gasteiger partial charge in [0.2, 0.25) is 0 Å². The Labute approximate surface area is 162 Å². The van der Waals surface area contributed by atoms with E-state index in [1.54, 1.807) is 6.92 Å². The summed E-state index contributed by atoms with van der Waals surface area (Å²) in [6.45, 7) is 5.75. The highest BCUT2D eigenvalue weighted by atomic mass is 16.1. The van der Waals surface area contributed by atoms with Gasteiger partial charge in [0.05, 0.1) is 11.6 Å². The minimum Gasteiger partial charge on any atom is -0.295 e. The van der Waals surface area contributed by atoms with Crippen LogP contribution in [0, 0.1) is 11.3 Å². The zero-order valence-electron chi connectivity index (χ0n) is 16.3. The lowest BCUT2D eigenvalue weighted by molar-refractivity contribution is -0.113. The average Bonchev–Trinajstić information content (AvgIpc) is 2.69. The second-order valence-corrected chi connectivity index (χ2v) is 6.48. The van der Waals surface area contributed by atoms with E-state index in [1.807, 2.05) is 61.7 Å². The van der Waals surface area contributed by atoms with Gasteiger partial charge >= 0.3 is 0 Å². The Kier molecular flexibility index (Phi) is 7.70. The molecule has 0 atom stereocenters. The van der Waals surface area contributed by atoms with E-state index in [-0.39, 0.29) is 5.78 Å². The van der Waals surface area contributed by atoms with Gasteiger partial charge in [0.1, 0.15) is 0 Å². The van der Waals surface area contributed by atoms with Crippen molar-refractivity contribution in [3.05, 3.63) is 70.9 Å². The van der Waals surface area contributed by atoms with E-state index in [0.29, 0.717) is 12.0 Å². The van der Waals surface area contributed by atoms with Crippen molar-refractivity contribution < 1.29 is 4.79 Å². The van der Waals surface area contributed by atoms with E-state index < -0.39 is 0 Å². The second-order valence-electron chi connectivity index (χ2n) is 6.48. The molecule has 0 unspecified atom stereocenters. The van der Waals surface area contributed by atoms with E-state index in [4.69, 9.17) is 0 Å². The van der Waals surface area contributed by atoms with Crippen molar-refractivity contribution >= 4 is 12.0 Å². The summed E-state index contributed by atoms with van der Waals surface area (Å²) in [5.74, 6) is 0.0746. The van der Waals surface area contributed by atoms with Gasteiger partial charge in [-0.3, -0.25) is 9.79 Å². The van der Waals surface area contributed by atoms with Crippen LogP contribution in [-0.4, -0.2) is 12.0 Å². The minimum atomic E-state index is 0.0746. The van der Waals surface area contributed by atoms with Crippen molar-refractivity contribution in [2.75, 3.05) is 0 Å². The lowest BCUT2D eigenvalue weighted by atomic mass is 9.95. The van der Waals surface area contributed by atoms with Crippen LogP contribution in [0.3, 0.4) is 0 Å². The smallest absolute Gasteiger partial charge is 0.157 e. The molecule has 0 aliphatic heterocycles. The molecule has 0 bridgehead atoms. The number of allylic oxidation sites excluding steroid dienone is 2. The maximum absolute atomic E-state index is 12.2. The highest BCUT2D eigenvalue weighted by Gasteiger charge is 2.12. The van der Waals surface area contributed by atoms with Crippen molar-refractivity contribution in [3.8, 4) is 17.2 Å². The fraction of sp³-hybridized carbons (Fsp3) is 0.292. The fourth-order valence-corrected chi connectivity index (χ4v) is 3.00. The average molecular weight is 358 g/mol. The van der Waals surface area contributed by atoms with Crippen LogP contribution in [0.15, 0.2) is 64.8 Å². The first-order valence-electron chi connectivity index (χ1n) is 9.44. The van der Waals surface area contributed by atoms with Crippen LogP contribution >= 0.6 is 0 Å². The summed E-state index contributed by atoms with van der Waals surface area (Å²) in [5.41, 5.74) is 5.33. The Balaban J connectivity index is 2.33. The van der Waals surface area contributed by atoms with Crippen LogP contribution in [-0.2, 0) is 11.2 Å². The van der Waals surface area contributed by atoms with Crippen LogP contribution in [0.2, 0.25) is 0 Å². The molecule has 27 heavy (non-hydrogen) atoms. The number of carbonyl (C=O) groups is 1. The van der Waals surface area contributed by atoms with Gasteiger partial charge in [-0.05, 0) is 42.5 Å². The lowest BCUT2D eigenvalue weighted by Gasteiger charge is -2.11. The molecule has 0 saturated carbocycles. The standard InChI is InChI=1S/C24H26N2O/c1-4-8-24(26-15-5-2)23(18(3)27)16-19-11-13-20(14-12-19)22-10-7-6-9-21(22)17-25/h6-7,9-15H,4-5,8,16H2,1-3H3/b24-23-,26-15-. The SMILES string of the molecule is CC/C=N\C(CCC)=C(\Cc1ccc(-c2ccccc2C#N)cc1)C(C)=O. The van der Waals surface area contributed by atoms with Crippen molar-refractivity contribution in [2.24, 2.45) is 4.99 Å². The Morgan fingerprint density at radius 1 is 1.11 bits per heavy atom. The summed E-state index contributed by atoms with van der Waals surface area (Å²) >= 11 is 0. The van der Waals surface area contributed by atoms with E-state index in [9.17, 15) is 10.1 Å². The number of ketones is 1. The van der Waals surface area contributed by atoms with Gasteiger partial charge in [0.25, 0.3) is 0 Å². The highest BCUT2D eigenvalue weighted by Crippen LogP contribution is 2.25. The van der Waals surface area contributed by atoms with Gasteiger partial charge < -0.3 is 0 Å². The van der Waals surface area contributed by atoms with Crippen LogP contribution in [0.4, 0.5) is 0 Å². The van der Waals surface area contributed by atoms with E-state index >= 15 is 0 Å². The van der Waals surface area contributed by atoms with Crippen molar-refractivity contribution in [3.63, 3.8) is 0 Å². The summed E-state index contributed by atoms with van der Waals surface area (Å²) in [6, 6.07) is 17.9. The molecule has 0 amide bonds. The maximum Gasteiger partial charge on any atom is 0.157 e. The van der Waals surface area contributed by atoms with Crippen LogP contribution in [0.1, 0.15) is 51.2 Å². The zero-order valence-corrected chi connectivity index (χ0v) is 16.3. The summed E-state index contributed by atoms with van der Waals surface area (Å²) in [6.07, 6.45) is 5.06. The van der Waals surface area contributed by atoms with Crippen LogP contribution < -0.4 is 0 Å². The highest BCUT2D eigenvalue weighted by molar-refractivity contribution is 5.94. The van der Waals surface area contributed by atoms with E-state index in [1.165, 1.54) is 0 Å². The first-order chi connectivity index (χ1) is 13.1. The summed E-state index contributed by atoms with van der Waals surface area (Å²) in [5, 5.41) is 9.29. The number of hydrogen-bond acceptors (Lipinski definition) is 3. The Hall–Kier alpha value is -2.99. The summed E-state index contributed by atoms with van der Waals surface area (Å²) in [4.78, 5) is 16.8. The quantitative estimate of drug-likeness (QED) is 0.436. The first-order valence-corrected chi connectivity index (χ1v) is 9.44. The predicted molar refractivity (Wildman–Crippen MR) is 112 cm³/mol. The number of aliphatic imine (C=N–C) groups is 1. The molecule has 2 aromatic carbocycles. The maximum atomic E-state index is 12.2. The second kappa shape index (κ2) is 10.2. The molecule has 3 heteroatoms. The van der Waals surface area contributed by atoms with Gasteiger partial charge in [-0.15, -0.1) is 0 Å². The molecule has 0 fully saturated rings. The molecule has 0 aromatic heterocycles. The number of rotatable bonds is 8. The number of nitriles is 1. The van der Waals surface area contributed by atoms with Gasteiger partial charge in [-0.1, -0.05) is 62.7 Å². The van der Waals surface area contributed by atoms with Gasteiger partial charge in [-0.25, -0.2) is 0 Å². The van der Waals surface area contributed by atoms with E-state index in [0.717, 1.165) is 47.2 Å². The molecule has 2 rings (SSSR count). The minimum absolute atomic E-state index is 0.0746. The number of hydrogen-bond donors (Lipinski definition) is 0. The summed E-state index contributed by atoms with van der Waals surface area (Å²) < 4.78 is 0. The Morgan fingerprint density at radius 2 is 1.81 bits per heavy atom. The number of Topliss-reactive ketones (excluding diaryl/α,β-unsaturated/α-hetero) is 1. The molecule has 3 nitrogen and oxygen atoms in total. The Bertz CT molecular complexity index is 883.